The predicted molar refractivity (Wildman–Crippen MR) is 81.7 cm³/mol. The number of hydrogen-bond donors (Lipinski definition) is 2. The van der Waals surface area contributed by atoms with E-state index in [0.29, 0.717) is 6.54 Å². The number of hydrogen-bond acceptors (Lipinski definition) is 4. The summed E-state index contributed by atoms with van der Waals surface area (Å²) in [5.41, 5.74) is 1.42. The molecule has 0 aromatic heterocycles. The molecule has 110 valence electrons. The molecule has 2 rings (SSSR count). The molecule has 0 aliphatic carbocycles. The fourth-order valence-electron chi connectivity index (χ4n) is 2.18. The van der Waals surface area contributed by atoms with E-state index in [1.807, 2.05) is 32.0 Å². The summed E-state index contributed by atoms with van der Waals surface area (Å²) in [6, 6.07) is 5.60. The Kier molecular flexibility index (Phi) is 4.65. The van der Waals surface area contributed by atoms with E-state index in [4.69, 9.17) is 4.74 Å². The van der Waals surface area contributed by atoms with Crippen molar-refractivity contribution in [2.24, 2.45) is 0 Å². The number of ketones is 1. The van der Waals surface area contributed by atoms with E-state index in [9.17, 15) is 4.79 Å². The maximum atomic E-state index is 12.1. The van der Waals surface area contributed by atoms with Crippen LogP contribution in [0.5, 0.6) is 5.75 Å². The molecule has 1 aliphatic heterocycles. The summed E-state index contributed by atoms with van der Waals surface area (Å²) >= 11 is 0. The summed E-state index contributed by atoms with van der Waals surface area (Å²) < 4.78 is 5.88. The lowest BCUT2D eigenvalue weighted by atomic mass is 10.0. The molecule has 1 aliphatic rings. The van der Waals surface area contributed by atoms with Crippen LogP contribution in [0.3, 0.4) is 0 Å². The number of carbonyl (C=O) groups is 1. The van der Waals surface area contributed by atoms with Gasteiger partial charge in [-0.15, -0.1) is 0 Å². The first-order chi connectivity index (χ1) is 9.52. The summed E-state index contributed by atoms with van der Waals surface area (Å²) in [6.45, 7) is 8.25. The third-order valence-corrected chi connectivity index (χ3v) is 3.39. The third-order valence-electron chi connectivity index (χ3n) is 3.39. The molecule has 4 heteroatoms. The quantitative estimate of drug-likeness (QED) is 0.619. The number of anilines is 1. The Bertz CT molecular complexity index is 483. The van der Waals surface area contributed by atoms with Gasteiger partial charge in [-0.1, -0.05) is 13.3 Å². The molecule has 0 saturated carbocycles. The Morgan fingerprint density at radius 1 is 1.45 bits per heavy atom. The van der Waals surface area contributed by atoms with Crippen molar-refractivity contribution in [3.8, 4) is 5.75 Å². The van der Waals surface area contributed by atoms with Gasteiger partial charge in [0.15, 0.2) is 5.78 Å². The minimum absolute atomic E-state index is 0.121. The highest BCUT2D eigenvalue weighted by Gasteiger charge is 2.26. The van der Waals surface area contributed by atoms with Gasteiger partial charge in [0.05, 0.1) is 18.8 Å². The van der Waals surface area contributed by atoms with Crippen LogP contribution in [-0.2, 0) is 0 Å². The summed E-state index contributed by atoms with van der Waals surface area (Å²) in [7, 11) is 0. The van der Waals surface area contributed by atoms with Gasteiger partial charge in [0.25, 0.3) is 0 Å². The van der Waals surface area contributed by atoms with Crippen molar-refractivity contribution < 1.29 is 9.53 Å². The Hall–Kier alpha value is -1.55. The molecule has 0 saturated heterocycles. The number of rotatable bonds is 6. The molecule has 1 heterocycles. The third kappa shape index (κ3) is 3.73. The summed E-state index contributed by atoms with van der Waals surface area (Å²) in [4.78, 5) is 12.1. The molecule has 0 fully saturated rings. The normalized spacial score (nSPS) is 15.9. The highest BCUT2D eigenvalue weighted by Crippen LogP contribution is 2.33. The van der Waals surface area contributed by atoms with Gasteiger partial charge < -0.3 is 15.4 Å². The first-order valence-electron chi connectivity index (χ1n) is 7.33. The molecule has 0 bridgehead atoms. The molecule has 20 heavy (non-hydrogen) atoms. The van der Waals surface area contributed by atoms with E-state index in [-0.39, 0.29) is 11.4 Å². The monoisotopic (exact) mass is 276 g/mol. The van der Waals surface area contributed by atoms with E-state index in [2.05, 4.69) is 17.6 Å². The van der Waals surface area contributed by atoms with Crippen molar-refractivity contribution in [2.45, 2.75) is 39.2 Å². The van der Waals surface area contributed by atoms with Crippen molar-refractivity contribution >= 4 is 11.5 Å². The zero-order chi connectivity index (χ0) is 14.6. The van der Waals surface area contributed by atoms with Gasteiger partial charge in [-0.3, -0.25) is 4.79 Å². The van der Waals surface area contributed by atoms with Crippen molar-refractivity contribution in [2.75, 3.05) is 25.0 Å². The number of ether oxygens (including phenoxy) is 1. The second-order valence-electron chi connectivity index (χ2n) is 5.88. The highest BCUT2D eigenvalue weighted by molar-refractivity contribution is 5.98. The second-order valence-corrected chi connectivity index (χ2v) is 5.88. The summed E-state index contributed by atoms with van der Waals surface area (Å²) in [5.74, 6) is 0.937. The lowest BCUT2D eigenvalue weighted by molar-refractivity contribution is 0.0990. The number of carbonyl (C=O) groups excluding carboxylic acids is 1. The molecule has 4 nitrogen and oxygen atoms in total. The van der Waals surface area contributed by atoms with Crippen LogP contribution in [0, 0.1) is 0 Å². The van der Waals surface area contributed by atoms with Crippen LogP contribution in [0.15, 0.2) is 18.2 Å². The van der Waals surface area contributed by atoms with Gasteiger partial charge in [-0.25, -0.2) is 0 Å². The number of fused-ring (bicyclic) bond motifs is 1. The molecule has 2 N–H and O–H groups in total. The molecule has 1 aromatic carbocycles. The molecule has 0 unspecified atom stereocenters. The van der Waals surface area contributed by atoms with E-state index >= 15 is 0 Å². The molecule has 0 spiro atoms. The minimum Gasteiger partial charge on any atom is -0.484 e. The summed E-state index contributed by atoms with van der Waals surface area (Å²) in [6.07, 6.45) is 2.24. The minimum atomic E-state index is -0.208. The van der Waals surface area contributed by atoms with Crippen LogP contribution in [0.4, 0.5) is 5.69 Å². The number of Topliss-reactive ketones (excluding diaryl/α,β-unsaturated/α-hetero) is 1. The first kappa shape index (κ1) is 14.9. The fourth-order valence-corrected chi connectivity index (χ4v) is 2.18. The van der Waals surface area contributed by atoms with Gasteiger partial charge in [0.2, 0.25) is 0 Å². The molecule has 0 amide bonds. The molecule has 1 aromatic rings. The molecule has 0 atom stereocenters. The average Bonchev–Trinajstić information content (AvgIpc) is 2.42. The van der Waals surface area contributed by atoms with Gasteiger partial charge in [-0.05, 0) is 45.0 Å². The van der Waals surface area contributed by atoms with Gasteiger partial charge in [0.1, 0.15) is 11.4 Å². The first-order valence-corrected chi connectivity index (χ1v) is 7.33. The van der Waals surface area contributed by atoms with Gasteiger partial charge in [0, 0.05) is 5.56 Å². The SMILES string of the molecule is CCCCNCC(=O)c1ccc2c(c1)NCC(C)(C)O2. The zero-order valence-electron chi connectivity index (χ0n) is 12.6. The Morgan fingerprint density at radius 3 is 3.00 bits per heavy atom. The second kappa shape index (κ2) is 6.27. The van der Waals surface area contributed by atoms with E-state index in [1.54, 1.807) is 0 Å². The molecule has 0 radical (unpaired) electrons. The van der Waals surface area contributed by atoms with Crippen molar-refractivity contribution in [1.82, 2.24) is 5.32 Å². The largest absolute Gasteiger partial charge is 0.484 e. The van der Waals surface area contributed by atoms with Crippen molar-refractivity contribution in [1.29, 1.82) is 0 Å². The van der Waals surface area contributed by atoms with Crippen LogP contribution in [0.2, 0.25) is 0 Å². The molecular weight excluding hydrogens is 252 g/mol. The molecular formula is C16H24N2O2. The smallest absolute Gasteiger partial charge is 0.176 e. The Labute approximate surface area is 120 Å². The Balaban J connectivity index is 1.99. The number of benzene rings is 1. The lowest BCUT2D eigenvalue weighted by Crippen LogP contribution is -2.40. The van der Waals surface area contributed by atoms with Crippen LogP contribution in [-0.4, -0.2) is 31.0 Å². The summed E-state index contributed by atoms with van der Waals surface area (Å²) in [5, 5.41) is 6.50. The standard InChI is InChI=1S/C16H24N2O2/c1-4-5-8-17-10-14(19)12-6-7-15-13(9-12)18-11-16(2,3)20-15/h6-7,9,17-18H,4-5,8,10-11H2,1-3H3. The average molecular weight is 276 g/mol. The maximum absolute atomic E-state index is 12.1. The lowest BCUT2D eigenvalue weighted by Gasteiger charge is -2.33. The van der Waals surface area contributed by atoms with Gasteiger partial charge >= 0.3 is 0 Å². The van der Waals surface area contributed by atoms with Crippen LogP contribution < -0.4 is 15.4 Å². The van der Waals surface area contributed by atoms with Crippen molar-refractivity contribution in [3.05, 3.63) is 23.8 Å². The van der Waals surface area contributed by atoms with E-state index in [1.165, 1.54) is 0 Å². The van der Waals surface area contributed by atoms with Crippen LogP contribution >= 0.6 is 0 Å². The zero-order valence-corrected chi connectivity index (χ0v) is 12.6. The Morgan fingerprint density at radius 2 is 2.25 bits per heavy atom. The van der Waals surface area contributed by atoms with Gasteiger partial charge in [-0.2, -0.15) is 0 Å². The van der Waals surface area contributed by atoms with E-state index in [0.717, 1.165) is 42.9 Å². The van der Waals surface area contributed by atoms with Crippen LogP contribution in [0.1, 0.15) is 44.0 Å². The van der Waals surface area contributed by atoms with Crippen LogP contribution in [0.25, 0.3) is 0 Å². The topological polar surface area (TPSA) is 50.4 Å². The van der Waals surface area contributed by atoms with E-state index < -0.39 is 0 Å². The number of unbranched alkanes of at least 4 members (excludes halogenated alkanes) is 1. The predicted octanol–water partition coefficient (Wildman–Crippen LogP) is 2.84. The van der Waals surface area contributed by atoms with Crippen molar-refractivity contribution in [3.63, 3.8) is 0 Å². The fraction of sp³-hybridized carbons (Fsp3) is 0.562. The maximum Gasteiger partial charge on any atom is 0.176 e. The highest BCUT2D eigenvalue weighted by atomic mass is 16.5. The number of nitrogens with one attached hydrogen (secondary N) is 2.